The molecule has 0 unspecified atom stereocenters. The molecule has 0 fully saturated rings. The van der Waals surface area contributed by atoms with Crippen LogP contribution in [0.1, 0.15) is 24.3 Å². The van der Waals surface area contributed by atoms with Crippen LogP contribution in [0.3, 0.4) is 0 Å². The van der Waals surface area contributed by atoms with E-state index in [0.29, 0.717) is 0 Å². The van der Waals surface area contributed by atoms with E-state index in [1.54, 1.807) is 19.9 Å². The molecule has 6 heteroatoms. The molecule has 102 valence electrons. The number of hydrogen-bond acceptors (Lipinski definition) is 2. The number of carboxylic acids is 1. The normalized spacial score (nSPS) is 8.89. The molecule has 2 aromatic rings. The molecule has 5 nitrogen and oxygen atoms in total. The number of carboxylic acid groups (broad SMARTS) is 1. The zero-order valence-electron chi connectivity index (χ0n) is 10.2. The number of fused-ring (bicyclic) bond motifs is 1. The first-order valence-corrected chi connectivity index (χ1v) is 5.00. The number of aromatic nitrogens is 1. The predicted molar refractivity (Wildman–Crippen MR) is 73.5 cm³/mol. The average Bonchev–Trinajstić information content (AvgIpc) is 2.59. The second-order valence-corrected chi connectivity index (χ2v) is 3.67. The highest BCUT2D eigenvalue weighted by atomic mass is 35.5. The van der Waals surface area contributed by atoms with Gasteiger partial charge in [-0.1, -0.05) is 18.2 Å². The fraction of sp³-hybridized carbons (Fsp3) is 0.250. The first-order chi connectivity index (χ1) is 7.50. The molecule has 0 saturated carbocycles. The first-order valence-electron chi connectivity index (χ1n) is 5.00. The van der Waals surface area contributed by atoms with Gasteiger partial charge in [-0.2, -0.15) is 0 Å². The Kier molecular flexibility index (Phi) is 8.90. The van der Waals surface area contributed by atoms with Gasteiger partial charge in [0.25, 0.3) is 0 Å². The number of para-hydroxylation sites is 1. The van der Waals surface area contributed by atoms with Crippen molar-refractivity contribution in [3.8, 4) is 0 Å². The molecule has 0 bridgehead atoms. The van der Waals surface area contributed by atoms with Gasteiger partial charge in [-0.05, 0) is 26.0 Å². The SMILES string of the molecule is CC(C)O.Cl.O.O=C(O)c1cc2ccccc2[nH]1. The molecule has 5 N–H and O–H groups in total. The standard InChI is InChI=1S/C9H7NO2.C3H8O.ClH.H2O/c11-9(12)8-5-6-3-1-2-4-7(6)10-8;1-3(2)4;;/h1-5,10H,(H,11,12);3-4H,1-2H3;1H;1H2. The van der Waals surface area contributed by atoms with E-state index in [0.717, 1.165) is 10.9 Å². The third-order valence-electron chi connectivity index (χ3n) is 1.76. The summed E-state index contributed by atoms with van der Waals surface area (Å²) in [5.41, 5.74) is 1.09. The van der Waals surface area contributed by atoms with Crippen LogP contribution >= 0.6 is 12.4 Å². The Hall–Kier alpha value is -1.56. The summed E-state index contributed by atoms with van der Waals surface area (Å²) in [7, 11) is 0. The number of H-pyrrole nitrogens is 1. The summed E-state index contributed by atoms with van der Waals surface area (Å²) in [4.78, 5) is 13.3. The van der Waals surface area contributed by atoms with Crippen LogP contribution in [0.2, 0.25) is 0 Å². The number of rotatable bonds is 1. The lowest BCUT2D eigenvalue weighted by molar-refractivity contribution is 0.0691. The van der Waals surface area contributed by atoms with Crippen LogP contribution in [-0.2, 0) is 0 Å². The number of hydrogen-bond donors (Lipinski definition) is 3. The molecule has 0 aliphatic carbocycles. The lowest BCUT2D eigenvalue weighted by Gasteiger charge is -1.84. The van der Waals surface area contributed by atoms with Crippen LogP contribution in [0.4, 0.5) is 0 Å². The monoisotopic (exact) mass is 275 g/mol. The lowest BCUT2D eigenvalue weighted by atomic mass is 10.2. The zero-order chi connectivity index (χ0) is 12.1. The molecular weight excluding hydrogens is 258 g/mol. The van der Waals surface area contributed by atoms with Gasteiger partial charge < -0.3 is 20.7 Å². The van der Waals surface area contributed by atoms with Gasteiger partial charge in [0.1, 0.15) is 5.69 Å². The number of aromatic amines is 1. The van der Waals surface area contributed by atoms with Crippen molar-refractivity contribution in [2.75, 3.05) is 0 Å². The molecule has 1 aromatic carbocycles. The van der Waals surface area contributed by atoms with Crippen LogP contribution in [0, 0.1) is 0 Å². The summed E-state index contributed by atoms with van der Waals surface area (Å²) < 4.78 is 0. The van der Waals surface area contributed by atoms with Gasteiger partial charge >= 0.3 is 5.97 Å². The van der Waals surface area contributed by atoms with Gasteiger partial charge in [0.2, 0.25) is 0 Å². The maximum absolute atomic E-state index is 10.5. The summed E-state index contributed by atoms with van der Waals surface area (Å²) in [6, 6.07) is 9.09. The molecule has 0 aliphatic heterocycles. The number of aromatic carboxylic acids is 1. The van der Waals surface area contributed by atoms with E-state index in [1.807, 2.05) is 24.3 Å². The fourth-order valence-corrected chi connectivity index (χ4v) is 1.19. The van der Waals surface area contributed by atoms with E-state index >= 15 is 0 Å². The van der Waals surface area contributed by atoms with Crippen LogP contribution in [-0.4, -0.2) is 32.7 Å². The van der Waals surface area contributed by atoms with Crippen molar-refractivity contribution in [1.82, 2.24) is 4.98 Å². The van der Waals surface area contributed by atoms with Crippen molar-refractivity contribution in [1.29, 1.82) is 0 Å². The summed E-state index contributed by atoms with van der Waals surface area (Å²) in [6.07, 6.45) is -0.167. The maximum atomic E-state index is 10.5. The molecular formula is C12H18ClNO4. The molecule has 0 atom stereocenters. The van der Waals surface area contributed by atoms with E-state index in [-0.39, 0.29) is 29.7 Å². The average molecular weight is 276 g/mol. The highest BCUT2D eigenvalue weighted by Crippen LogP contribution is 2.13. The molecule has 18 heavy (non-hydrogen) atoms. The summed E-state index contributed by atoms with van der Waals surface area (Å²) in [5.74, 6) is -0.925. The van der Waals surface area contributed by atoms with Gasteiger partial charge in [-0.25, -0.2) is 4.79 Å². The van der Waals surface area contributed by atoms with Crippen LogP contribution in [0.5, 0.6) is 0 Å². The van der Waals surface area contributed by atoms with Crippen LogP contribution in [0.25, 0.3) is 10.9 Å². The number of nitrogens with one attached hydrogen (secondary N) is 1. The minimum absolute atomic E-state index is 0. The molecule has 0 amide bonds. The molecule has 0 radical (unpaired) electrons. The van der Waals surface area contributed by atoms with Crippen molar-refractivity contribution < 1.29 is 20.5 Å². The van der Waals surface area contributed by atoms with Gasteiger partial charge in [-0.15, -0.1) is 12.4 Å². The molecule has 0 saturated heterocycles. The molecule has 1 heterocycles. The van der Waals surface area contributed by atoms with E-state index < -0.39 is 5.97 Å². The van der Waals surface area contributed by atoms with E-state index in [4.69, 9.17) is 10.2 Å². The quantitative estimate of drug-likeness (QED) is 0.739. The fourth-order valence-electron chi connectivity index (χ4n) is 1.19. The number of benzene rings is 1. The van der Waals surface area contributed by atoms with Crippen LogP contribution < -0.4 is 0 Å². The third kappa shape index (κ3) is 5.67. The Bertz CT molecular complexity index is 446. The Morgan fingerprint density at radius 1 is 1.28 bits per heavy atom. The third-order valence-corrected chi connectivity index (χ3v) is 1.76. The van der Waals surface area contributed by atoms with Crippen molar-refractivity contribution in [3.63, 3.8) is 0 Å². The van der Waals surface area contributed by atoms with E-state index in [2.05, 4.69) is 4.98 Å². The molecule has 0 spiro atoms. The highest BCUT2D eigenvalue weighted by Gasteiger charge is 2.05. The van der Waals surface area contributed by atoms with Gasteiger partial charge in [0.05, 0.1) is 0 Å². The summed E-state index contributed by atoms with van der Waals surface area (Å²) in [6.45, 7) is 3.44. The molecule has 1 aromatic heterocycles. The Labute approximate surface area is 111 Å². The largest absolute Gasteiger partial charge is 0.477 e. The van der Waals surface area contributed by atoms with E-state index in [1.165, 1.54) is 0 Å². The Morgan fingerprint density at radius 3 is 2.22 bits per heavy atom. The number of carbonyl (C=O) groups is 1. The van der Waals surface area contributed by atoms with Gasteiger partial charge in [0.15, 0.2) is 0 Å². The molecule has 0 aliphatic rings. The number of aliphatic hydroxyl groups is 1. The minimum atomic E-state index is -0.925. The summed E-state index contributed by atoms with van der Waals surface area (Å²) in [5, 5.41) is 17.6. The number of aliphatic hydroxyl groups excluding tert-OH is 1. The zero-order valence-corrected chi connectivity index (χ0v) is 11.0. The minimum Gasteiger partial charge on any atom is -0.477 e. The maximum Gasteiger partial charge on any atom is 0.352 e. The van der Waals surface area contributed by atoms with Crippen LogP contribution in [0.15, 0.2) is 30.3 Å². The Morgan fingerprint density at radius 2 is 1.78 bits per heavy atom. The topological polar surface area (TPSA) is 105 Å². The highest BCUT2D eigenvalue weighted by molar-refractivity contribution is 5.93. The van der Waals surface area contributed by atoms with Crippen molar-refractivity contribution in [3.05, 3.63) is 36.0 Å². The molecule has 2 rings (SSSR count). The van der Waals surface area contributed by atoms with Gasteiger partial charge in [-0.3, -0.25) is 0 Å². The lowest BCUT2D eigenvalue weighted by Crippen LogP contribution is -1.94. The second-order valence-electron chi connectivity index (χ2n) is 3.67. The second kappa shape index (κ2) is 8.52. The summed E-state index contributed by atoms with van der Waals surface area (Å²) >= 11 is 0. The predicted octanol–water partition coefficient (Wildman–Crippen LogP) is 1.85. The van der Waals surface area contributed by atoms with Crippen molar-refractivity contribution in [2.45, 2.75) is 20.0 Å². The van der Waals surface area contributed by atoms with Crippen molar-refractivity contribution >= 4 is 29.3 Å². The Balaban J connectivity index is 0. The van der Waals surface area contributed by atoms with E-state index in [9.17, 15) is 4.79 Å². The smallest absolute Gasteiger partial charge is 0.352 e. The first kappa shape index (κ1) is 18.8. The van der Waals surface area contributed by atoms with Crippen molar-refractivity contribution in [2.24, 2.45) is 0 Å². The number of halogens is 1. The van der Waals surface area contributed by atoms with Gasteiger partial charge in [0, 0.05) is 17.0 Å².